The van der Waals surface area contributed by atoms with Crippen molar-refractivity contribution in [3.05, 3.63) is 22.4 Å². The van der Waals surface area contributed by atoms with Gasteiger partial charge in [0.25, 0.3) is 0 Å². The molecule has 0 amide bonds. The normalized spacial score (nSPS) is 12.9. The molecular weight excluding hydrogens is 206 g/mol. The van der Waals surface area contributed by atoms with Crippen molar-refractivity contribution in [3.8, 4) is 0 Å². The monoisotopic (exact) mass is 227 g/mol. The Hall–Kier alpha value is -0.380. The second kappa shape index (κ2) is 7.85. The van der Waals surface area contributed by atoms with Gasteiger partial charge in [-0.15, -0.1) is 0 Å². The standard InChI is InChI=1S/C12H21NOS/c1-3-4-7-14-8-6-13-11(2)12-5-9-15-10-12/h5,9-11,13H,3-4,6-8H2,1-2H3. The Balaban J connectivity index is 2.00. The molecule has 1 unspecified atom stereocenters. The molecule has 0 saturated heterocycles. The molecule has 1 heterocycles. The lowest BCUT2D eigenvalue weighted by atomic mass is 10.2. The van der Waals surface area contributed by atoms with E-state index in [0.717, 1.165) is 19.8 Å². The van der Waals surface area contributed by atoms with Crippen molar-refractivity contribution in [2.45, 2.75) is 32.7 Å². The summed E-state index contributed by atoms with van der Waals surface area (Å²) in [5.74, 6) is 0. The molecule has 0 aliphatic carbocycles. The number of hydrogen-bond donors (Lipinski definition) is 1. The van der Waals surface area contributed by atoms with Crippen LogP contribution in [0.15, 0.2) is 16.8 Å². The van der Waals surface area contributed by atoms with Gasteiger partial charge in [0.05, 0.1) is 6.61 Å². The quantitative estimate of drug-likeness (QED) is 0.689. The largest absolute Gasteiger partial charge is 0.380 e. The Kier molecular flexibility index (Phi) is 6.64. The molecule has 0 fully saturated rings. The molecule has 0 aliphatic heterocycles. The van der Waals surface area contributed by atoms with Crippen LogP contribution in [0.25, 0.3) is 0 Å². The summed E-state index contributed by atoms with van der Waals surface area (Å²) in [5.41, 5.74) is 1.37. The van der Waals surface area contributed by atoms with E-state index in [1.165, 1.54) is 18.4 Å². The van der Waals surface area contributed by atoms with Gasteiger partial charge in [0, 0.05) is 19.2 Å². The highest BCUT2D eigenvalue weighted by Gasteiger charge is 2.03. The first-order chi connectivity index (χ1) is 7.34. The molecule has 0 saturated carbocycles. The van der Waals surface area contributed by atoms with Gasteiger partial charge >= 0.3 is 0 Å². The van der Waals surface area contributed by atoms with E-state index in [-0.39, 0.29) is 0 Å². The third kappa shape index (κ3) is 5.30. The first-order valence-electron chi connectivity index (χ1n) is 5.67. The molecule has 0 aromatic carbocycles. The average molecular weight is 227 g/mol. The van der Waals surface area contributed by atoms with Gasteiger partial charge in [-0.1, -0.05) is 13.3 Å². The Bertz CT molecular complexity index is 236. The Morgan fingerprint density at radius 1 is 1.47 bits per heavy atom. The molecule has 86 valence electrons. The van der Waals surface area contributed by atoms with E-state index in [1.54, 1.807) is 11.3 Å². The van der Waals surface area contributed by atoms with E-state index in [1.807, 2.05) is 0 Å². The van der Waals surface area contributed by atoms with Crippen LogP contribution in [0.4, 0.5) is 0 Å². The fourth-order valence-corrected chi connectivity index (χ4v) is 2.09. The van der Waals surface area contributed by atoms with Crippen LogP contribution < -0.4 is 5.32 Å². The van der Waals surface area contributed by atoms with Crippen molar-refractivity contribution in [3.63, 3.8) is 0 Å². The van der Waals surface area contributed by atoms with Crippen LogP contribution >= 0.6 is 11.3 Å². The van der Waals surface area contributed by atoms with Gasteiger partial charge in [0.2, 0.25) is 0 Å². The van der Waals surface area contributed by atoms with E-state index >= 15 is 0 Å². The molecular formula is C12H21NOS. The van der Waals surface area contributed by atoms with Crippen LogP contribution in [-0.2, 0) is 4.74 Å². The molecule has 15 heavy (non-hydrogen) atoms. The van der Waals surface area contributed by atoms with Crippen LogP contribution in [-0.4, -0.2) is 19.8 Å². The molecule has 1 rings (SSSR count). The van der Waals surface area contributed by atoms with Gasteiger partial charge in [0.15, 0.2) is 0 Å². The Morgan fingerprint density at radius 3 is 3.00 bits per heavy atom. The zero-order valence-corrected chi connectivity index (χ0v) is 10.5. The predicted molar refractivity (Wildman–Crippen MR) is 66.5 cm³/mol. The van der Waals surface area contributed by atoms with Gasteiger partial charge in [-0.25, -0.2) is 0 Å². The molecule has 0 radical (unpaired) electrons. The van der Waals surface area contributed by atoms with Crippen molar-refractivity contribution in [1.29, 1.82) is 0 Å². The van der Waals surface area contributed by atoms with E-state index in [0.29, 0.717) is 6.04 Å². The second-order valence-corrected chi connectivity index (χ2v) is 4.48. The van der Waals surface area contributed by atoms with Crippen molar-refractivity contribution >= 4 is 11.3 Å². The molecule has 0 aliphatic rings. The van der Waals surface area contributed by atoms with Crippen LogP contribution in [0, 0.1) is 0 Å². The summed E-state index contributed by atoms with van der Waals surface area (Å²) in [6, 6.07) is 2.60. The lowest BCUT2D eigenvalue weighted by molar-refractivity contribution is 0.131. The maximum absolute atomic E-state index is 5.48. The first kappa shape index (κ1) is 12.7. The van der Waals surface area contributed by atoms with E-state index in [4.69, 9.17) is 4.74 Å². The van der Waals surface area contributed by atoms with Crippen LogP contribution in [0.2, 0.25) is 0 Å². The number of nitrogens with one attached hydrogen (secondary N) is 1. The van der Waals surface area contributed by atoms with E-state index in [2.05, 4.69) is 36.0 Å². The smallest absolute Gasteiger partial charge is 0.0591 e. The zero-order valence-electron chi connectivity index (χ0n) is 9.66. The summed E-state index contributed by atoms with van der Waals surface area (Å²) >= 11 is 1.75. The number of rotatable bonds is 8. The van der Waals surface area contributed by atoms with E-state index in [9.17, 15) is 0 Å². The number of thiophene rings is 1. The Morgan fingerprint density at radius 2 is 2.33 bits per heavy atom. The SMILES string of the molecule is CCCCOCCNC(C)c1ccsc1. The molecule has 1 N–H and O–H groups in total. The van der Waals surface area contributed by atoms with Crippen molar-refractivity contribution in [1.82, 2.24) is 5.32 Å². The number of ether oxygens (including phenoxy) is 1. The fraction of sp³-hybridized carbons (Fsp3) is 0.667. The lowest BCUT2D eigenvalue weighted by Crippen LogP contribution is -2.23. The molecule has 2 nitrogen and oxygen atoms in total. The molecule has 0 spiro atoms. The van der Waals surface area contributed by atoms with Gasteiger partial charge < -0.3 is 10.1 Å². The van der Waals surface area contributed by atoms with Gasteiger partial charge in [-0.3, -0.25) is 0 Å². The maximum atomic E-state index is 5.48. The highest BCUT2D eigenvalue weighted by atomic mass is 32.1. The molecule has 3 heteroatoms. The van der Waals surface area contributed by atoms with Crippen LogP contribution in [0.3, 0.4) is 0 Å². The highest BCUT2D eigenvalue weighted by molar-refractivity contribution is 7.07. The van der Waals surface area contributed by atoms with Gasteiger partial charge in [-0.05, 0) is 35.7 Å². The molecule has 1 aromatic heterocycles. The summed E-state index contributed by atoms with van der Waals surface area (Å²) in [7, 11) is 0. The lowest BCUT2D eigenvalue weighted by Gasteiger charge is -2.12. The molecule has 0 bridgehead atoms. The molecule has 1 aromatic rings. The number of hydrogen-bond acceptors (Lipinski definition) is 3. The van der Waals surface area contributed by atoms with Gasteiger partial charge in [-0.2, -0.15) is 11.3 Å². The minimum Gasteiger partial charge on any atom is -0.380 e. The maximum Gasteiger partial charge on any atom is 0.0591 e. The van der Waals surface area contributed by atoms with Gasteiger partial charge in [0.1, 0.15) is 0 Å². The van der Waals surface area contributed by atoms with E-state index < -0.39 is 0 Å². The van der Waals surface area contributed by atoms with Crippen molar-refractivity contribution in [2.75, 3.05) is 19.8 Å². The third-order valence-electron chi connectivity index (χ3n) is 2.38. The number of unbranched alkanes of at least 4 members (excludes halogenated alkanes) is 1. The third-order valence-corrected chi connectivity index (χ3v) is 3.08. The van der Waals surface area contributed by atoms with Crippen LogP contribution in [0.5, 0.6) is 0 Å². The minimum absolute atomic E-state index is 0.436. The average Bonchev–Trinajstić information content (AvgIpc) is 2.76. The van der Waals surface area contributed by atoms with Crippen molar-refractivity contribution in [2.24, 2.45) is 0 Å². The Labute approximate surface area is 96.7 Å². The predicted octanol–water partition coefficient (Wildman–Crippen LogP) is 3.22. The fourth-order valence-electron chi connectivity index (χ4n) is 1.34. The summed E-state index contributed by atoms with van der Waals surface area (Å²) < 4.78 is 5.48. The topological polar surface area (TPSA) is 21.3 Å². The zero-order chi connectivity index (χ0) is 10.9. The van der Waals surface area contributed by atoms with Crippen molar-refractivity contribution < 1.29 is 4.74 Å². The van der Waals surface area contributed by atoms with Crippen LogP contribution in [0.1, 0.15) is 38.3 Å². The summed E-state index contributed by atoms with van der Waals surface area (Å²) in [4.78, 5) is 0. The minimum atomic E-state index is 0.436. The summed E-state index contributed by atoms with van der Waals surface area (Å²) in [6.45, 7) is 7.01. The summed E-state index contributed by atoms with van der Waals surface area (Å²) in [5, 5.41) is 7.75. The highest BCUT2D eigenvalue weighted by Crippen LogP contribution is 2.14. The molecule has 1 atom stereocenters. The summed E-state index contributed by atoms with van der Waals surface area (Å²) in [6.07, 6.45) is 2.37. The second-order valence-electron chi connectivity index (χ2n) is 3.70. The first-order valence-corrected chi connectivity index (χ1v) is 6.62.